The summed E-state index contributed by atoms with van der Waals surface area (Å²) in [5.41, 5.74) is -7.59. The van der Waals surface area contributed by atoms with Crippen LogP contribution < -0.4 is 51.4 Å². The fourth-order valence-electron chi connectivity index (χ4n) is 0.922. The molecular formula is C6H2F13KO. The molecule has 21 heavy (non-hydrogen) atoms. The Labute approximate surface area is 150 Å². The molecule has 0 unspecified atom stereocenters. The molecule has 0 spiro atoms. The zero-order chi connectivity index (χ0) is 17.0. The van der Waals surface area contributed by atoms with Gasteiger partial charge in [-0.05, 0) is 0 Å². The maximum atomic E-state index is 12.6. The molecule has 0 amide bonds. The van der Waals surface area contributed by atoms with Crippen LogP contribution in [0.4, 0.5) is 57.1 Å². The first-order valence-corrected chi connectivity index (χ1v) is 3.93. The molecular weight excluding hydrogens is 374 g/mol. The topological polar surface area (TPSA) is 20.2 Å². The molecule has 0 atom stereocenters. The molecule has 0 aromatic rings. The average Bonchev–Trinajstić information content (AvgIpc) is 2.10. The molecule has 0 aromatic carbocycles. The zero-order valence-corrected chi connectivity index (χ0v) is 12.5. The van der Waals surface area contributed by atoms with Crippen molar-refractivity contribution in [2.45, 2.75) is 36.0 Å². The van der Waals surface area contributed by atoms with E-state index in [0.29, 0.717) is 0 Å². The summed E-state index contributed by atoms with van der Waals surface area (Å²) in [6, 6.07) is 0. The molecule has 0 saturated carbocycles. The van der Waals surface area contributed by atoms with Crippen molar-refractivity contribution in [3.8, 4) is 0 Å². The predicted molar refractivity (Wildman–Crippen MR) is 34.1 cm³/mol. The molecule has 124 valence electrons. The van der Waals surface area contributed by atoms with Crippen LogP contribution in [0.25, 0.3) is 0 Å². The third-order valence-corrected chi connectivity index (χ3v) is 2.03. The second kappa shape index (κ2) is 5.96. The Morgan fingerprint density at radius 2 is 0.714 bits per heavy atom. The van der Waals surface area contributed by atoms with Crippen LogP contribution in [0.3, 0.4) is 0 Å². The molecule has 1 N–H and O–H groups in total. The SMILES string of the molecule is OC(C(F)(F)F)(C(F)(F)F)C(F)(F)C(F)(F)C(F)(F)F.[H-].[K+]. The second-order valence-electron chi connectivity index (χ2n) is 3.35. The monoisotopic (exact) mass is 376 g/mol. The van der Waals surface area contributed by atoms with Crippen molar-refractivity contribution in [3.63, 3.8) is 0 Å². The van der Waals surface area contributed by atoms with Crippen LogP contribution in [0.15, 0.2) is 0 Å². The van der Waals surface area contributed by atoms with Gasteiger partial charge in [0.25, 0.3) is 0 Å². The smallest absolute Gasteiger partial charge is 1.00 e. The standard InChI is InChI=1S/C6HF13O.K.H/c7-2(8,3(9,10)6(17,18)19)1(20,4(11,12)13)5(14,15)16;;/h20H;;/q;+1;-1. The summed E-state index contributed by atoms with van der Waals surface area (Å²) in [7, 11) is 0. The van der Waals surface area contributed by atoms with Crippen LogP contribution in [0, 0.1) is 0 Å². The van der Waals surface area contributed by atoms with E-state index in [1.165, 1.54) is 0 Å². The van der Waals surface area contributed by atoms with Crippen molar-refractivity contribution in [1.82, 2.24) is 0 Å². The maximum Gasteiger partial charge on any atom is 1.00 e. The van der Waals surface area contributed by atoms with E-state index >= 15 is 0 Å². The van der Waals surface area contributed by atoms with Crippen LogP contribution in [-0.4, -0.2) is 41.1 Å². The van der Waals surface area contributed by atoms with Gasteiger partial charge in [0.2, 0.25) is 0 Å². The van der Waals surface area contributed by atoms with Crippen molar-refractivity contribution < 1.29 is 115 Å². The van der Waals surface area contributed by atoms with Gasteiger partial charge in [-0.2, -0.15) is 57.1 Å². The van der Waals surface area contributed by atoms with Crippen molar-refractivity contribution in [2.24, 2.45) is 0 Å². The summed E-state index contributed by atoms with van der Waals surface area (Å²) in [5, 5.41) is 7.93. The molecule has 0 bridgehead atoms. The Hall–Kier alpha value is 0.686. The maximum absolute atomic E-state index is 12.6. The van der Waals surface area contributed by atoms with E-state index in [9.17, 15) is 57.1 Å². The summed E-state index contributed by atoms with van der Waals surface area (Å²) < 4.78 is 155. The van der Waals surface area contributed by atoms with Crippen LogP contribution in [0.2, 0.25) is 0 Å². The number of rotatable bonds is 2. The fourth-order valence-corrected chi connectivity index (χ4v) is 0.922. The number of aliphatic hydroxyl groups is 1. The third kappa shape index (κ3) is 3.46. The van der Waals surface area contributed by atoms with Crippen LogP contribution in [0.5, 0.6) is 0 Å². The van der Waals surface area contributed by atoms with Crippen LogP contribution in [0.1, 0.15) is 1.43 Å². The van der Waals surface area contributed by atoms with Gasteiger partial charge >= 0.3 is 87.4 Å². The normalized spacial score (nSPS) is 15.7. The first-order valence-electron chi connectivity index (χ1n) is 3.93. The minimum Gasteiger partial charge on any atom is -1.00 e. The Kier molecular flexibility index (Phi) is 6.79. The Morgan fingerprint density at radius 3 is 0.857 bits per heavy atom. The molecule has 0 rings (SSSR count). The molecule has 1 nitrogen and oxygen atoms in total. The van der Waals surface area contributed by atoms with Gasteiger partial charge in [0.05, 0.1) is 0 Å². The van der Waals surface area contributed by atoms with E-state index in [1.54, 1.807) is 0 Å². The largest absolute Gasteiger partial charge is 1.00 e. The van der Waals surface area contributed by atoms with Crippen molar-refractivity contribution in [1.29, 1.82) is 0 Å². The van der Waals surface area contributed by atoms with E-state index in [2.05, 4.69) is 0 Å². The molecule has 0 radical (unpaired) electrons. The van der Waals surface area contributed by atoms with E-state index < -0.39 is 36.0 Å². The fraction of sp³-hybridized carbons (Fsp3) is 1.00. The number of hydrogen-bond donors (Lipinski definition) is 1. The quantitative estimate of drug-likeness (QED) is 0.559. The van der Waals surface area contributed by atoms with E-state index in [1.807, 2.05) is 0 Å². The number of halogens is 13. The van der Waals surface area contributed by atoms with Crippen molar-refractivity contribution in [2.75, 3.05) is 0 Å². The van der Waals surface area contributed by atoms with Gasteiger partial charge in [-0.25, -0.2) is 0 Å². The molecule has 0 heterocycles. The van der Waals surface area contributed by atoms with Crippen molar-refractivity contribution >= 4 is 0 Å². The minimum atomic E-state index is -7.95. The molecule has 0 aromatic heterocycles. The van der Waals surface area contributed by atoms with Gasteiger partial charge in [0.1, 0.15) is 0 Å². The van der Waals surface area contributed by atoms with Gasteiger partial charge < -0.3 is 6.53 Å². The minimum absolute atomic E-state index is 0. The first-order chi connectivity index (χ1) is 8.25. The van der Waals surface area contributed by atoms with E-state index in [0.717, 1.165) is 0 Å². The molecule has 15 heteroatoms. The summed E-state index contributed by atoms with van der Waals surface area (Å²) in [6.07, 6.45) is -22.6. The summed E-state index contributed by atoms with van der Waals surface area (Å²) in [6.45, 7) is 0. The Bertz CT molecular complexity index is 354. The number of hydrogen-bond acceptors (Lipinski definition) is 1. The second-order valence-corrected chi connectivity index (χ2v) is 3.35. The van der Waals surface area contributed by atoms with Gasteiger partial charge in [0.15, 0.2) is 0 Å². The number of alkyl halides is 13. The van der Waals surface area contributed by atoms with E-state index in [-0.39, 0.29) is 52.8 Å². The van der Waals surface area contributed by atoms with Crippen LogP contribution in [-0.2, 0) is 0 Å². The molecule has 0 saturated heterocycles. The molecule has 0 aliphatic rings. The van der Waals surface area contributed by atoms with Crippen LogP contribution >= 0.6 is 0 Å². The molecule has 0 aliphatic carbocycles. The molecule has 0 fully saturated rings. The summed E-state index contributed by atoms with van der Waals surface area (Å²) in [4.78, 5) is 0. The van der Waals surface area contributed by atoms with Gasteiger partial charge in [-0.1, -0.05) is 0 Å². The first kappa shape index (κ1) is 23.9. The summed E-state index contributed by atoms with van der Waals surface area (Å²) >= 11 is 0. The predicted octanol–water partition coefficient (Wildman–Crippen LogP) is 0.792. The van der Waals surface area contributed by atoms with Gasteiger partial charge in [-0.3, -0.25) is 0 Å². The summed E-state index contributed by atoms with van der Waals surface area (Å²) in [5.74, 6) is -15.7. The van der Waals surface area contributed by atoms with Gasteiger partial charge in [0, 0.05) is 0 Å². The third-order valence-electron chi connectivity index (χ3n) is 2.03. The van der Waals surface area contributed by atoms with Gasteiger partial charge in [-0.15, -0.1) is 0 Å². The van der Waals surface area contributed by atoms with Crippen molar-refractivity contribution in [3.05, 3.63) is 0 Å². The average molecular weight is 376 g/mol. The Morgan fingerprint density at radius 1 is 0.476 bits per heavy atom. The molecule has 0 aliphatic heterocycles. The van der Waals surface area contributed by atoms with E-state index in [4.69, 9.17) is 5.11 Å². The zero-order valence-electron chi connectivity index (χ0n) is 10.4. The Balaban J connectivity index is -0.00000180.